The minimum absolute atomic E-state index is 0.0977. The molecule has 0 bridgehead atoms. The first-order valence-electron chi connectivity index (χ1n) is 7.42. The molecule has 2 N–H and O–H groups in total. The van der Waals surface area contributed by atoms with Gasteiger partial charge in [-0.1, -0.05) is 27.7 Å². The molecule has 1 aromatic heterocycles. The maximum absolute atomic E-state index is 12.2. The molecular formula is C16H27N3O2. The SMILES string of the molecule is CCCNc1cc(C(=O)NCCOC)cc(C(C)(C)C)n1. The summed E-state index contributed by atoms with van der Waals surface area (Å²) in [5, 5.41) is 6.10. The van der Waals surface area contributed by atoms with E-state index in [4.69, 9.17) is 4.74 Å². The quantitative estimate of drug-likeness (QED) is 0.758. The zero-order valence-corrected chi connectivity index (χ0v) is 13.7. The molecule has 0 saturated carbocycles. The van der Waals surface area contributed by atoms with E-state index >= 15 is 0 Å². The Morgan fingerprint density at radius 3 is 2.57 bits per heavy atom. The van der Waals surface area contributed by atoms with Crippen LogP contribution in [-0.2, 0) is 10.2 Å². The maximum Gasteiger partial charge on any atom is 0.251 e. The smallest absolute Gasteiger partial charge is 0.251 e. The van der Waals surface area contributed by atoms with Gasteiger partial charge in [0.15, 0.2) is 0 Å². The zero-order chi connectivity index (χ0) is 15.9. The van der Waals surface area contributed by atoms with Gasteiger partial charge in [0.1, 0.15) is 5.82 Å². The lowest BCUT2D eigenvalue weighted by Gasteiger charge is -2.20. The number of rotatable bonds is 7. The van der Waals surface area contributed by atoms with E-state index < -0.39 is 0 Å². The molecule has 21 heavy (non-hydrogen) atoms. The second-order valence-corrected chi connectivity index (χ2v) is 6.05. The highest BCUT2D eigenvalue weighted by Crippen LogP contribution is 2.23. The van der Waals surface area contributed by atoms with Gasteiger partial charge in [-0.25, -0.2) is 4.98 Å². The van der Waals surface area contributed by atoms with Crippen LogP contribution in [0.5, 0.6) is 0 Å². The van der Waals surface area contributed by atoms with Gasteiger partial charge in [0.2, 0.25) is 0 Å². The molecule has 118 valence electrons. The van der Waals surface area contributed by atoms with E-state index in [1.807, 2.05) is 6.07 Å². The molecular weight excluding hydrogens is 266 g/mol. The minimum atomic E-state index is -0.106. The van der Waals surface area contributed by atoms with E-state index in [0.29, 0.717) is 18.7 Å². The molecule has 5 nitrogen and oxygen atoms in total. The summed E-state index contributed by atoms with van der Waals surface area (Å²) in [6.07, 6.45) is 1.01. The maximum atomic E-state index is 12.2. The lowest BCUT2D eigenvalue weighted by atomic mass is 9.90. The van der Waals surface area contributed by atoms with E-state index in [-0.39, 0.29) is 11.3 Å². The highest BCUT2D eigenvalue weighted by Gasteiger charge is 2.19. The van der Waals surface area contributed by atoms with Crippen molar-refractivity contribution in [1.82, 2.24) is 10.3 Å². The topological polar surface area (TPSA) is 63.2 Å². The summed E-state index contributed by atoms with van der Waals surface area (Å²) in [4.78, 5) is 16.8. The molecule has 1 heterocycles. The van der Waals surface area contributed by atoms with Crippen LogP contribution in [0.3, 0.4) is 0 Å². The Labute approximate surface area is 127 Å². The summed E-state index contributed by atoms with van der Waals surface area (Å²) in [5.41, 5.74) is 1.43. The van der Waals surface area contributed by atoms with Gasteiger partial charge in [-0.15, -0.1) is 0 Å². The van der Waals surface area contributed by atoms with Crippen LogP contribution in [0.2, 0.25) is 0 Å². The summed E-state index contributed by atoms with van der Waals surface area (Å²) >= 11 is 0. The lowest BCUT2D eigenvalue weighted by Crippen LogP contribution is -2.28. The zero-order valence-electron chi connectivity index (χ0n) is 13.7. The lowest BCUT2D eigenvalue weighted by molar-refractivity contribution is 0.0937. The Bertz CT molecular complexity index is 467. The first kappa shape index (κ1) is 17.4. The molecule has 1 aromatic rings. The second kappa shape index (κ2) is 7.98. The van der Waals surface area contributed by atoms with Crippen molar-refractivity contribution in [2.24, 2.45) is 0 Å². The van der Waals surface area contributed by atoms with Gasteiger partial charge in [0.05, 0.1) is 6.61 Å². The van der Waals surface area contributed by atoms with Gasteiger partial charge in [0, 0.05) is 36.9 Å². The Hall–Kier alpha value is -1.62. The highest BCUT2D eigenvalue weighted by molar-refractivity contribution is 5.95. The van der Waals surface area contributed by atoms with Crippen molar-refractivity contribution >= 4 is 11.7 Å². The molecule has 5 heteroatoms. The third kappa shape index (κ3) is 5.71. The number of aromatic nitrogens is 1. The number of hydrogen-bond acceptors (Lipinski definition) is 4. The number of carbonyl (C=O) groups excluding carboxylic acids is 1. The molecule has 0 spiro atoms. The van der Waals surface area contributed by atoms with Crippen LogP contribution in [0, 0.1) is 0 Å². The average molecular weight is 293 g/mol. The summed E-state index contributed by atoms with van der Waals surface area (Å²) in [6.45, 7) is 10.2. The van der Waals surface area contributed by atoms with Crippen molar-refractivity contribution in [2.45, 2.75) is 39.5 Å². The van der Waals surface area contributed by atoms with Crippen molar-refractivity contribution in [3.05, 3.63) is 23.4 Å². The van der Waals surface area contributed by atoms with Crippen molar-refractivity contribution in [3.63, 3.8) is 0 Å². The molecule has 1 amide bonds. The van der Waals surface area contributed by atoms with Crippen LogP contribution in [-0.4, -0.2) is 37.7 Å². The minimum Gasteiger partial charge on any atom is -0.383 e. The third-order valence-electron chi connectivity index (χ3n) is 3.00. The van der Waals surface area contributed by atoms with Crippen molar-refractivity contribution in [3.8, 4) is 0 Å². The van der Waals surface area contributed by atoms with Gasteiger partial charge < -0.3 is 15.4 Å². The number of hydrogen-bond donors (Lipinski definition) is 2. The Morgan fingerprint density at radius 2 is 2.00 bits per heavy atom. The Kier molecular flexibility index (Phi) is 6.62. The molecule has 0 saturated heterocycles. The number of nitrogens with zero attached hydrogens (tertiary/aromatic N) is 1. The standard InChI is InChI=1S/C16H27N3O2/c1-6-7-17-14-11-12(15(20)18-8-9-21-5)10-13(19-14)16(2,3)4/h10-11H,6-9H2,1-5H3,(H,17,19)(H,18,20). The number of pyridine rings is 1. The molecule has 0 unspecified atom stereocenters. The number of anilines is 1. The molecule has 1 rings (SSSR count). The van der Waals surface area contributed by atoms with Crippen molar-refractivity contribution in [1.29, 1.82) is 0 Å². The number of nitrogens with one attached hydrogen (secondary N) is 2. The van der Waals surface area contributed by atoms with Gasteiger partial charge in [0.25, 0.3) is 5.91 Å². The number of ether oxygens (including phenoxy) is 1. The average Bonchev–Trinajstić information content (AvgIpc) is 2.44. The number of amides is 1. The van der Waals surface area contributed by atoms with Crippen LogP contribution >= 0.6 is 0 Å². The third-order valence-corrected chi connectivity index (χ3v) is 3.00. The van der Waals surface area contributed by atoms with Crippen LogP contribution in [0.15, 0.2) is 12.1 Å². The fourth-order valence-corrected chi connectivity index (χ4v) is 1.76. The largest absolute Gasteiger partial charge is 0.383 e. The summed E-state index contributed by atoms with van der Waals surface area (Å²) in [6, 6.07) is 3.66. The summed E-state index contributed by atoms with van der Waals surface area (Å²) < 4.78 is 4.94. The van der Waals surface area contributed by atoms with Crippen LogP contribution in [0.1, 0.15) is 50.2 Å². The predicted octanol–water partition coefficient (Wildman–Crippen LogP) is 2.58. The Balaban J connectivity index is 2.98. The highest BCUT2D eigenvalue weighted by atomic mass is 16.5. The molecule has 0 aliphatic heterocycles. The summed E-state index contributed by atoms with van der Waals surface area (Å²) in [5.74, 6) is 0.653. The molecule has 0 atom stereocenters. The van der Waals surface area contributed by atoms with Crippen LogP contribution in [0.25, 0.3) is 0 Å². The molecule has 0 radical (unpaired) electrons. The first-order chi connectivity index (χ1) is 9.88. The normalized spacial score (nSPS) is 11.3. The van der Waals surface area contributed by atoms with Crippen LogP contribution < -0.4 is 10.6 Å². The van der Waals surface area contributed by atoms with Gasteiger partial charge in [-0.05, 0) is 18.6 Å². The monoisotopic (exact) mass is 293 g/mol. The van der Waals surface area contributed by atoms with Crippen LogP contribution in [0.4, 0.5) is 5.82 Å². The second-order valence-electron chi connectivity index (χ2n) is 6.05. The van der Waals surface area contributed by atoms with Crippen molar-refractivity contribution in [2.75, 3.05) is 32.1 Å². The van der Waals surface area contributed by atoms with Crippen molar-refractivity contribution < 1.29 is 9.53 Å². The van der Waals surface area contributed by atoms with E-state index in [2.05, 4.69) is 43.3 Å². The van der Waals surface area contributed by atoms with E-state index in [1.54, 1.807) is 13.2 Å². The van der Waals surface area contributed by atoms with E-state index in [0.717, 1.165) is 24.5 Å². The van der Waals surface area contributed by atoms with E-state index in [1.165, 1.54) is 0 Å². The van der Waals surface area contributed by atoms with Gasteiger partial charge >= 0.3 is 0 Å². The summed E-state index contributed by atoms with van der Waals surface area (Å²) in [7, 11) is 1.61. The van der Waals surface area contributed by atoms with Gasteiger partial charge in [-0.3, -0.25) is 4.79 Å². The number of carbonyl (C=O) groups is 1. The van der Waals surface area contributed by atoms with E-state index in [9.17, 15) is 4.79 Å². The predicted molar refractivity (Wildman–Crippen MR) is 85.9 cm³/mol. The van der Waals surface area contributed by atoms with Gasteiger partial charge in [-0.2, -0.15) is 0 Å². The molecule has 0 fully saturated rings. The molecule has 0 aliphatic rings. The fraction of sp³-hybridized carbons (Fsp3) is 0.625. The molecule has 0 aliphatic carbocycles. The number of methoxy groups -OCH3 is 1. The molecule has 0 aromatic carbocycles. The fourth-order valence-electron chi connectivity index (χ4n) is 1.76. The first-order valence-corrected chi connectivity index (χ1v) is 7.42. The Morgan fingerprint density at radius 1 is 1.29 bits per heavy atom.